The number of amides is 2. The molecule has 1 aliphatic rings. The van der Waals surface area contributed by atoms with Crippen LogP contribution in [0.4, 0.5) is 5.95 Å². The SMILES string of the molecule is O=C(CN1C(=O)CSC=C1c1ccccc1)Nc1ncn[nH]1. The Labute approximate surface area is 130 Å². The number of hydrogen-bond donors (Lipinski definition) is 2. The predicted molar refractivity (Wildman–Crippen MR) is 83.6 cm³/mol. The van der Waals surface area contributed by atoms with Gasteiger partial charge in [-0.1, -0.05) is 30.3 Å². The highest BCUT2D eigenvalue weighted by Gasteiger charge is 2.25. The Balaban J connectivity index is 1.77. The fraction of sp³-hybridized carbons (Fsp3) is 0.143. The third kappa shape index (κ3) is 3.17. The number of benzene rings is 1. The number of H-pyrrole nitrogens is 1. The summed E-state index contributed by atoms with van der Waals surface area (Å²) in [5, 5.41) is 10.7. The summed E-state index contributed by atoms with van der Waals surface area (Å²) in [7, 11) is 0. The molecular weight excluding hydrogens is 302 g/mol. The number of nitrogens with zero attached hydrogens (tertiary/aromatic N) is 3. The van der Waals surface area contributed by atoms with Crippen LogP contribution in [0.1, 0.15) is 5.56 Å². The molecule has 0 aliphatic carbocycles. The molecular formula is C14H13N5O2S. The molecule has 2 amide bonds. The second-order valence-electron chi connectivity index (χ2n) is 4.54. The molecule has 0 atom stereocenters. The van der Waals surface area contributed by atoms with Gasteiger partial charge >= 0.3 is 0 Å². The van der Waals surface area contributed by atoms with E-state index in [1.54, 1.807) is 0 Å². The third-order valence-electron chi connectivity index (χ3n) is 3.04. The van der Waals surface area contributed by atoms with E-state index in [0.29, 0.717) is 5.75 Å². The molecule has 0 bridgehead atoms. The van der Waals surface area contributed by atoms with Crippen molar-refractivity contribution in [3.63, 3.8) is 0 Å². The smallest absolute Gasteiger partial charge is 0.246 e. The van der Waals surface area contributed by atoms with E-state index in [2.05, 4.69) is 20.5 Å². The van der Waals surface area contributed by atoms with Gasteiger partial charge < -0.3 is 4.90 Å². The normalized spacial score (nSPS) is 14.6. The van der Waals surface area contributed by atoms with E-state index >= 15 is 0 Å². The minimum absolute atomic E-state index is 0.0686. The molecule has 0 saturated heterocycles. The molecule has 8 heteroatoms. The number of hydrogen-bond acceptors (Lipinski definition) is 5. The van der Waals surface area contributed by atoms with Gasteiger partial charge in [-0.25, -0.2) is 5.10 Å². The molecule has 0 spiro atoms. The van der Waals surface area contributed by atoms with E-state index in [0.717, 1.165) is 11.3 Å². The minimum Gasteiger partial charge on any atom is -0.301 e. The zero-order valence-electron chi connectivity index (χ0n) is 11.5. The maximum Gasteiger partial charge on any atom is 0.246 e. The quantitative estimate of drug-likeness (QED) is 0.888. The Morgan fingerprint density at radius 1 is 1.36 bits per heavy atom. The van der Waals surface area contributed by atoms with Gasteiger partial charge in [-0.05, 0) is 11.0 Å². The molecule has 2 aromatic rings. The molecule has 0 unspecified atom stereocenters. The summed E-state index contributed by atoms with van der Waals surface area (Å²) >= 11 is 1.43. The number of carbonyl (C=O) groups excluding carboxylic acids is 2. The van der Waals surface area contributed by atoms with Crippen LogP contribution in [0.2, 0.25) is 0 Å². The minimum atomic E-state index is -0.334. The van der Waals surface area contributed by atoms with Gasteiger partial charge in [0.15, 0.2) is 0 Å². The first-order valence-corrected chi connectivity index (χ1v) is 7.61. The molecule has 3 rings (SSSR count). The summed E-state index contributed by atoms with van der Waals surface area (Å²) < 4.78 is 0. The number of aromatic amines is 1. The van der Waals surface area contributed by atoms with Crippen LogP contribution in [0.3, 0.4) is 0 Å². The molecule has 0 fully saturated rings. The number of carbonyl (C=O) groups is 2. The molecule has 22 heavy (non-hydrogen) atoms. The Kier molecular flexibility index (Phi) is 4.19. The van der Waals surface area contributed by atoms with Gasteiger partial charge in [-0.3, -0.25) is 14.9 Å². The van der Waals surface area contributed by atoms with Crippen molar-refractivity contribution in [3.8, 4) is 0 Å². The highest BCUT2D eigenvalue weighted by atomic mass is 32.2. The highest BCUT2D eigenvalue weighted by molar-refractivity contribution is 8.03. The van der Waals surface area contributed by atoms with Crippen LogP contribution >= 0.6 is 11.8 Å². The van der Waals surface area contributed by atoms with Gasteiger partial charge in [0.2, 0.25) is 17.8 Å². The Morgan fingerprint density at radius 3 is 2.91 bits per heavy atom. The number of thioether (sulfide) groups is 1. The van der Waals surface area contributed by atoms with Crippen molar-refractivity contribution in [2.24, 2.45) is 0 Å². The summed E-state index contributed by atoms with van der Waals surface area (Å²) in [5.41, 5.74) is 1.63. The summed E-state index contributed by atoms with van der Waals surface area (Å²) in [6.45, 7) is -0.0686. The van der Waals surface area contributed by atoms with Crippen LogP contribution < -0.4 is 5.32 Å². The van der Waals surface area contributed by atoms with Crippen LogP contribution in [0.15, 0.2) is 42.1 Å². The third-order valence-corrected chi connectivity index (χ3v) is 3.84. The lowest BCUT2D eigenvalue weighted by atomic mass is 10.1. The van der Waals surface area contributed by atoms with Gasteiger partial charge in [0, 0.05) is 0 Å². The second kappa shape index (κ2) is 6.44. The zero-order valence-corrected chi connectivity index (χ0v) is 12.3. The Hall–Kier alpha value is -2.61. The van der Waals surface area contributed by atoms with Crippen molar-refractivity contribution in [1.29, 1.82) is 0 Å². The van der Waals surface area contributed by atoms with E-state index in [1.165, 1.54) is 23.0 Å². The molecule has 112 valence electrons. The molecule has 7 nitrogen and oxygen atoms in total. The maximum atomic E-state index is 12.2. The molecule has 1 aliphatic heterocycles. The fourth-order valence-electron chi connectivity index (χ4n) is 2.05. The summed E-state index contributed by atoms with van der Waals surface area (Å²) in [4.78, 5) is 29.5. The van der Waals surface area contributed by atoms with Crippen molar-refractivity contribution in [3.05, 3.63) is 47.6 Å². The van der Waals surface area contributed by atoms with Gasteiger partial charge in [0.1, 0.15) is 12.9 Å². The number of nitrogens with one attached hydrogen (secondary N) is 2. The number of anilines is 1. The Morgan fingerprint density at radius 2 is 2.18 bits per heavy atom. The predicted octanol–water partition coefficient (Wildman–Crippen LogP) is 1.32. The fourth-order valence-corrected chi connectivity index (χ4v) is 2.86. The zero-order chi connectivity index (χ0) is 15.4. The van der Waals surface area contributed by atoms with Crippen molar-refractivity contribution in [1.82, 2.24) is 20.1 Å². The van der Waals surface area contributed by atoms with E-state index in [-0.39, 0.29) is 24.3 Å². The largest absolute Gasteiger partial charge is 0.301 e. The molecule has 2 N–H and O–H groups in total. The Bertz CT molecular complexity index is 699. The molecule has 0 saturated carbocycles. The van der Waals surface area contributed by atoms with Crippen molar-refractivity contribution >= 4 is 35.2 Å². The average molecular weight is 315 g/mol. The average Bonchev–Trinajstić information content (AvgIpc) is 3.03. The highest BCUT2D eigenvalue weighted by Crippen LogP contribution is 2.27. The van der Waals surface area contributed by atoms with E-state index in [4.69, 9.17) is 0 Å². The first-order chi connectivity index (χ1) is 10.7. The lowest BCUT2D eigenvalue weighted by Gasteiger charge is -2.27. The second-order valence-corrected chi connectivity index (χ2v) is 5.40. The summed E-state index contributed by atoms with van der Waals surface area (Å²) in [6, 6.07) is 9.51. The van der Waals surface area contributed by atoms with Crippen LogP contribution in [0.25, 0.3) is 5.70 Å². The number of rotatable bonds is 4. The molecule has 1 aromatic carbocycles. The summed E-state index contributed by atoms with van der Waals surface area (Å²) in [5.74, 6) is 0.151. The lowest BCUT2D eigenvalue weighted by molar-refractivity contribution is -0.129. The van der Waals surface area contributed by atoms with E-state index in [1.807, 2.05) is 35.7 Å². The standard InChI is InChI=1S/C14H13N5O2S/c20-12(17-14-15-9-16-18-14)6-19-11(7-22-8-13(19)21)10-4-2-1-3-5-10/h1-5,7,9H,6,8H2,(H2,15,16,17,18,20). The van der Waals surface area contributed by atoms with E-state index < -0.39 is 0 Å². The van der Waals surface area contributed by atoms with Crippen molar-refractivity contribution < 1.29 is 9.59 Å². The first-order valence-electron chi connectivity index (χ1n) is 6.57. The molecule has 1 aromatic heterocycles. The van der Waals surface area contributed by atoms with Gasteiger partial charge in [-0.15, -0.1) is 11.8 Å². The maximum absolute atomic E-state index is 12.2. The molecule has 2 heterocycles. The van der Waals surface area contributed by atoms with Gasteiger partial charge in [0.25, 0.3) is 0 Å². The van der Waals surface area contributed by atoms with Gasteiger partial charge in [-0.2, -0.15) is 10.1 Å². The van der Waals surface area contributed by atoms with E-state index in [9.17, 15) is 9.59 Å². The monoisotopic (exact) mass is 315 g/mol. The van der Waals surface area contributed by atoms with Crippen molar-refractivity contribution in [2.45, 2.75) is 0 Å². The van der Waals surface area contributed by atoms with Crippen molar-refractivity contribution in [2.75, 3.05) is 17.6 Å². The van der Waals surface area contributed by atoms with Gasteiger partial charge in [0.05, 0.1) is 11.4 Å². The van der Waals surface area contributed by atoms with Crippen LogP contribution in [-0.4, -0.2) is 44.2 Å². The van der Waals surface area contributed by atoms with Crippen LogP contribution in [0, 0.1) is 0 Å². The lowest BCUT2D eigenvalue weighted by Crippen LogP contribution is -2.39. The molecule has 0 radical (unpaired) electrons. The topological polar surface area (TPSA) is 91.0 Å². The first kappa shape index (κ1) is 14.3. The van der Waals surface area contributed by atoms with Crippen LogP contribution in [0.5, 0.6) is 0 Å². The van der Waals surface area contributed by atoms with Crippen LogP contribution in [-0.2, 0) is 9.59 Å². The number of aromatic nitrogens is 3. The summed E-state index contributed by atoms with van der Waals surface area (Å²) in [6.07, 6.45) is 1.30.